The SMILES string of the molecule is CC(=O)c1ccc(OCC(=O)NCC2CCN(S(=O)(=O)c3ccccc3)CC2)cc1. The predicted molar refractivity (Wildman–Crippen MR) is 113 cm³/mol. The predicted octanol–water partition coefficient (Wildman–Crippen LogP) is 2.49. The van der Waals surface area contributed by atoms with E-state index < -0.39 is 10.0 Å². The van der Waals surface area contributed by atoms with Gasteiger partial charge in [-0.3, -0.25) is 9.59 Å². The molecular formula is C22H26N2O5S. The number of carbonyl (C=O) groups excluding carboxylic acids is 2. The number of ether oxygens (including phenoxy) is 1. The lowest BCUT2D eigenvalue weighted by Gasteiger charge is -2.31. The number of ketones is 1. The van der Waals surface area contributed by atoms with Gasteiger partial charge in [-0.25, -0.2) is 8.42 Å². The third-order valence-corrected chi connectivity index (χ3v) is 7.09. The normalized spacial score (nSPS) is 15.5. The molecule has 30 heavy (non-hydrogen) atoms. The average Bonchev–Trinajstić information content (AvgIpc) is 2.77. The van der Waals surface area contributed by atoms with E-state index in [1.165, 1.54) is 11.2 Å². The lowest BCUT2D eigenvalue weighted by atomic mass is 9.98. The molecule has 0 radical (unpaired) electrons. The Bertz CT molecular complexity index is 966. The molecule has 0 saturated carbocycles. The van der Waals surface area contributed by atoms with Crippen molar-refractivity contribution >= 4 is 21.7 Å². The number of hydrogen-bond donors (Lipinski definition) is 1. The molecule has 0 aliphatic carbocycles. The average molecular weight is 431 g/mol. The molecule has 8 heteroatoms. The largest absolute Gasteiger partial charge is 0.484 e. The maximum atomic E-state index is 12.7. The van der Waals surface area contributed by atoms with Crippen molar-refractivity contribution < 1.29 is 22.7 Å². The summed E-state index contributed by atoms with van der Waals surface area (Å²) in [6, 6.07) is 15.1. The second-order valence-corrected chi connectivity index (χ2v) is 9.27. The lowest BCUT2D eigenvalue weighted by molar-refractivity contribution is -0.123. The summed E-state index contributed by atoms with van der Waals surface area (Å²) >= 11 is 0. The fourth-order valence-corrected chi connectivity index (χ4v) is 4.83. The monoisotopic (exact) mass is 430 g/mol. The standard InChI is InChI=1S/C22H26N2O5S/c1-17(25)19-7-9-20(10-8-19)29-16-22(26)23-15-18-11-13-24(14-12-18)30(27,28)21-5-3-2-4-6-21/h2-10,18H,11-16H2,1H3,(H,23,26). The Balaban J connectivity index is 1.40. The van der Waals surface area contributed by atoms with Crippen molar-refractivity contribution in [2.45, 2.75) is 24.7 Å². The molecule has 1 amide bonds. The van der Waals surface area contributed by atoms with Crippen molar-refractivity contribution in [1.29, 1.82) is 0 Å². The second-order valence-electron chi connectivity index (χ2n) is 7.33. The first-order valence-electron chi connectivity index (χ1n) is 9.92. The number of rotatable bonds is 8. The number of nitrogens with zero attached hydrogens (tertiary/aromatic N) is 1. The molecule has 1 aliphatic rings. The van der Waals surface area contributed by atoms with Crippen molar-refractivity contribution in [3.05, 3.63) is 60.2 Å². The minimum atomic E-state index is -3.46. The van der Waals surface area contributed by atoms with Gasteiger partial charge in [0.25, 0.3) is 5.91 Å². The minimum Gasteiger partial charge on any atom is -0.484 e. The first-order valence-corrected chi connectivity index (χ1v) is 11.4. The maximum Gasteiger partial charge on any atom is 0.257 e. The molecule has 0 aromatic heterocycles. The highest BCUT2D eigenvalue weighted by atomic mass is 32.2. The second kappa shape index (κ2) is 9.86. The number of amides is 1. The van der Waals surface area contributed by atoms with E-state index in [1.807, 2.05) is 0 Å². The molecule has 160 valence electrons. The van der Waals surface area contributed by atoms with Crippen molar-refractivity contribution in [3.63, 3.8) is 0 Å². The van der Waals surface area contributed by atoms with Gasteiger partial charge in [-0.1, -0.05) is 18.2 Å². The Kier molecular flexibility index (Phi) is 7.23. The summed E-state index contributed by atoms with van der Waals surface area (Å²) < 4.78 is 32.3. The van der Waals surface area contributed by atoms with Gasteiger partial charge in [0.1, 0.15) is 5.75 Å². The summed E-state index contributed by atoms with van der Waals surface area (Å²) in [5.74, 6) is 0.493. The summed E-state index contributed by atoms with van der Waals surface area (Å²) in [7, 11) is -3.46. The van der Waals surface area contributed by atoms with E-state index in [1.54, 1.807) is 54.6 Å². The highest BCUT2D eigenvalue weighted by molar-refractivity contribution is 7.89. The van der Waals surface area contributed by atoms with Gasteiger partial charge in [0.2, 0.25) is 10.0 Å². The van der Waals surface area contributed by atoms with Gasteiger partial charge in [-0.2, -0.15) is 4.31 Å². The smallest absolute Gasteiger partial charge is 0.257 e. The summed E-state index contributed by atoms with van der Waals surface area (Å²) in [5.41, 5.74) is 0.590. The van der Waals surface area contributed by atoms with E-state index in [9.17, 15) is 18.0 Å². The Morgan fingerprint density at radius 3 is 2.27 bits per heavy atom. The maximum absolute atomic E-state index is 12.7. The van der Waals surface area contributed by atoms with E-state index in [0.29, 0.717) is 48.7 Å². The van der Waals surface area contributed by atoms with Gasteiger partial charge in [0.15, 0.2) is 12.4 Å². The van der Waals surface area contributed by atoms with Crippen LogP contribution in [-0.4, -0.2) is 50.7 Å². The van der Waals surface area contributed by atoms with Gasteiger partial charge in [-0.15, -0.1) is 0 Å². The Labute approximate surface area is 177 Å². The van der Waals surface area contributed by atoms with Crippen LogP contribution in [0, 0.1) is 5.92 Å². The number of carbonyl (C=O) groups is 2. The van der Waals surface area contributed by atoms with Crippen LogP contribution in [0.3, 0.4) is 0 Å². The van der Waals surface area contributed by atoms with Crippen molar-refractivity contribution in [2.75, 3.05) is 26.2 Å². The Morgan fingerprint density at radius 1 is 1.03 bits per heavy atom. The molecule has 7 nitrogen and oxygen atoms in total. The van der Waals surface area contributed by atoms with Crippen molar-refractivity contribution in [2.24, 2.45) is 5.92 Å². The molecule has 3 rings (SSSR count). The van der Waals surface area contributed by atoms with Crippen molar-refractivity contribution in [1.82, 2.24) is 9.62 Å². The number of nitrogens with one attached hydrogen (secondary N) is 1. The van der Waals surface area contributed by atoms with Crippen LogP contribution >= 0.6 is 0 Å². The molecule has 0 atom stereocenters. The number of benzene rings is 2. The van der Waals surface area contributed by atoms with Gasteiger partial charge < -0.3 is 10.1 Å². The van der Waals surface area contributed by atoms with Crippen LogP contribution in [0.2, 0.25) is 0 Å². The topological polar surface area (TPSA) is 92.8 Å². The van der Waals surface area contributed by atoms with Gasteiger partial charge >= 0.3 is 0 Å². The van der Waals surface area contributed by atoms with E-state index >= 15 is 0 Å². The molecular weight excluding hydrogens is 404 g/mol. The Morgan fingerprint density at radius 2 is 1.67 bits per heavy atom. The molecule has 0 spiro atoms. The fourth-order valence-electron chi connectivity index (χ4n) is 3.34. The molecule has 0 bridgehead atoms. The highest BCUT2D eigenvalue weighted by Crippen LogP contribution is 2.23. The third-order valence-electron chi connectivity index (χ3n) is 5.17. The molecule has 1 aliphatic heterocycles. The summed E-state index contributed by atoms with van der Waals surface area (Å²) in [6.45, 7) is 2.75. The van der Waals surface area contributed by atoms with Gasteiger partial charge in [0, 0.05) is 25.2 Å². The quantitative estimate of drug-likeness (QED) is 0.650. The minimum absolute atomic E-state index is 0.0260. The van der Waals surface area contributed by atoms with E-state index in [4.69, 9.17) is 4.74 Å². The van der Waals surface area contributed by atoms with Crippen LogP contribution in [-0.2, 0) is 14.8 Å². The zero-order chi connectivity index (χ0) is 21.6. The number of piperidine rings is 1. The van der Waals surface area contributed by atoms with E-state index in [-0.39, 0.29) is 24.2 Å². The molecule has 1 fully saturated rings. The number of Topliss-reactive ketones (excluding diaryl/α,β-unsaturated/α-hetero) is 1. The zero-order valence-electron chi connectivity index (χ0n) is 16.9. The van der Waals surface area contributed by atoms with Gasteiger partial charge in [0.05, 0.1) is 4.90 Å². The first kappa shape index (κ1) is 22.0. The molecule has 0 unspecified atom stereocenters. The van der Waals surface area contributed by atoms with E-state index in [0.717, 1.165) is 0 Å². The van der Waals surface area contributed by atoms with Crippen LogP contribution in [0.15, 0.2) is 59.5 Å². The van der Waals surface area contributed by atoms with Gasteiger partial charge in [-0.05, 0) is 62.1 Å². The number of sulfonamides is 1. The molecule has 1 saturated heterocycles. The first-order chi connectivity index (χ1) is 14.4. The summed E-state index contributed by atoms with van der Waals surface area (Å²) in [4.78, 5) is 23.6. The van der Waals surface area contributed by atoms with Crippen LogP contribution in [0.25, 0.3) is 0 Å². The zero-order valence-corrected chi connectivity index (χ0v) is 17.7. The third kappa shape index (κ3) is 5.67. The van der Waals surface area contributed by atoms with Crippen LogP contribution in [0.1, 0.15) is 30.1 Å². The molecule has 1 N–H and O–H groups in total. The molecule has 2 aromatic carbocycles. The summed E-state index contributed by atoms with van der Waals surface area (Å²) in [6.07, 6.45) is 1.39. The van der Waals surface area contributed by atoms with Crippen LogP contribution < -0.4 is 10.1 Å². The highest BCUT2D eigenvalue weighted by Gasteiger charge is 2.29. The van der Waals surface area contributed by atoms with Crippen molar-refractivity contribution in [3.8, 4) is 5.75 Å². The summed E-state index contributed by atoms with van der Waals surface area (Å²) in [5, 5.41) is 2.85. The van der Waals surface area contributed by atoms with E-state index in [2.05, 4.69) is 5.32 Å². The number of hydrogen-bond acceptors (Lipinski definition) is 5. The van der Waals surface area contributed by atoms with Crippen LogP contribution in [0.5, 0.6) is 5.75 Å². The Hall–Kier alpha value is -2.71. The fraction of sp³-hybridized carbons (Fsp3) is 0.364. The van der Waals surface area contributed by atoms with Crippen LogP contribution in [0.4, 0.5) is 0 Å². The lowest BCUT2D eigenvalue weighted by Crippen LogP contribution is -2.42. The molecule has 1 heterocycles. The molecule has 2 aromatic rings.